The van der Waals surface area contributed by atoms with Crippen LogP contribution in [0.15, 0.2) is 6.20 Å². The first-order chi connectivity index (χ1) is 10.8. The SMILES string of the molecule is CC(C)(C)OC(=O)N1CCCC1Cn1cc(C(=O)N2CC2)nn1. The quantitative estimate of drug-likeness (QED) is 0.780. The molecule has 0 radical (unpaired) electrons. The van der Waals surface area contributed by atoms with Gasteiger partial charge in [0.1, 0.15) is 5.60 Å². The van der Waals surface area contributed by atoms with Crippen LogP contribution in [0.4, 0.5) is 4.79 Å². The molecule has 2 aliphatic rings. The van der Waals surface area contributed by atoms with Crippen LogP contribution in [-0.2, 0) is 11.3 Å². The van der Waals surface area contributed by atoms with Crippen molar-refractivity contribution in [3.05, 3.63) is 11.9 Å². The highest BCUT2D eigenvalue weighted by molar-refractivity contribution is 5.93. The number of carbonyl (C=O) groups excluding carboxylic acids is 2. The minimum Gasteiger partial charge on any atom is -0.444 e. The standard InChI is InChI=1S/C15H23N5O3/c1-15(2,3)23-14(22)20-6-4-5-11(20)9-19-10-12(16-17-19)13(21)18-7-8-18/h10-11H,4-9H2,1-3H3. The molecule has 1 atom stereocenters. The van der Waals surface area contributed by atoms with Crippen LogP contribution < -0.4 is 0 Å². The second-order valence-electron chi connectivity index (χ2n) is 7.09. The number of rotatable bonds is 3. The molecule has 0 bridgehead atoms. The van der Waals surface area contributed by atoms with Crippen LogP contribution in [0.5, 0.6) is 0 Å². The number of carbonyl (C=O) groups is 2. The molecule has 3 heterocycles. The molecule has 1 unspecified atom stereocenters. The Bertz CT molecular complexity index is 602. The highest BCUT2D eigenvalue weighted by Gasteiger charge is 2.33. The molecule has 0 spiro atoms. The predicted molar refractivity (Wildman–Crippen MR) is 81.9 cm³/mol. The van der Waals surface area contributed by atoms with Gasteiger partial charge in [0, 0.05) is 19.6 Å². The van der Waals surface area contributed by atoms with Crippen molar-refractivity contribution < 1.29 is 14.3 Å². The van der Waals surface area contributed by atoms with Gasteiger partial charge in [-0.25, -0.2) is 9.48 Å². The van der Waals surface area contributed by atoms with E-state index < -0.39 is 5.60 Å². The summed E-state index contributed by atoms with van der Waals surface area (Å²) in [7, 11) is 0. The number of ether oxygens (including phenoxy) is 1. The zero-order chi connectivity index (χ0) is 16.6. The fraction of sp³-hybridized carbons (Fsp3) is 0.733. The van der Waals surface area contributed by atoms with Crippen molar-refractivity contribution in [1.29, 1.82) is 0 Å². The van der Waals surface area contributed by atoms with E-state index in [0.29, 0.717) is 18.8 Å². The number of hydrogen-bond donors (Lipinski definition) is 0. The Hall–Kier alpha value is -2.12. The van der Waals surface area contributed by atoms with Crippen molar-refractivity contribution in [2.45, 2.75) is 51.8 Å². The number of aromatic nitrogens is 3. The van der Waals surface area contributed by atoms with Gasteiger partial charge < -0.3 is 14.5 Å². The van der Waals surface area contributed by atoms with E-state index in [1.54, 1.807) is 20.7 Å². The van der Waals surface area contributed by atoms with Crippen LogP contribution in [0, 0.1) is 0 Å². The molecule has 2 amide bonds. The van der Waals surface area contributed by atoms with Crippen LogP contribution in [0.1, 0.15) is 44.1 Å². The van der Waals surface area contributed by atoms with E-state index in [2.05, 4.69) is 10.3 Å². The van der Waals surface area contributed by atoms with E-state index >= 15 is 0 Å². The van der Waals surface area contributed by atoms with E-state index in [1.807, 2.05) is 20.8 Å². The second-order valence-corrected chi connectivity index (χ2v) is 7.09. The van der Waals surface area contributed by atoms with Crippen LogP contribution in [-0.4, -0.2) is 68.1 Å². The molecule has 0 saturated carbocycles. The number of nitrogens with zero attached hydrogens (tertiary/aromatic N) is 5. The number of amides is 2. The topological polar surface area (TPSA) is 80.3 Å². The molecule has 3 rings (SSSR count). The summed E-state index contributed by atoms with van der Waals surface area (Å²) >= 11 is 0. The summed E-state index contributed by atoms with van der Waals surface area (Å²) in [5, 5.41) is 7.96. The van der Waals surface area contributed by atoms with Gasteiger partial charge in [0.05, 0.1) is 18.8 Å². The Morgan fingerprint density at radius 1 is 1.30 bits per heavy atom. The first kappa shape index (κ1) is 15.8. The Morgan fingerprint density at radius 2 is 2.04 bits per heavy atom. The van der Waals surface area contributed by atoms with Crippen LogP contribution in [0.3, 0.4) is 0 Å². The van der Waals surface area contributed by atoms with E-state index in [9.17, 15) is 9.59 Å². The van der Waals surface area contributed by atoms with Crippen molar-refractivity contribution in [3.8, 4) is 0 Å². The Balaban J connectivity index is 1.62. The smallest absolute Gasteiger partial charge is 0.410 e. The Labute approximate surface area is 135 Å². The van der Waals surface area contributed by atoms with E-state index in [1.165, 1.54) is 0 Å². The molecular formula is C15H23N5O3. The summed E-state index contributed by atoms with van der Waals surface area (Å²) in [6.45, 7) is 8.38. The number of hydrogen-bond acceptors (Lipinski definition) is 5. The van der Waals surface area contributed by atoms with Gasteiger partial charge in [-0.15, -0.1) is 5.10 Å². The summed E-state index contributed by atoms with van der Waals surface area (Å²) in [6.07, 6.45) is 3.21. The summed E-state index contributed by atoms with van der Waals surface area (Å²) in [5.74, 6) is -0.0772. The lowest BCUT2D eigenvalue weighted by molar-refractivity contribution is 0.0211. The van der Waals surface area contributed by atoms with Gasteiger partial charge in [0.2, 0.25) is 0 Å². The van der Waals surface area contributed by atoms with Crippen molar-refractivity contribution >= 4 is 12.0 Å². The van der Waals surface area contributed by atoms with E-state index in [4.69, 9.17) is 4.74 Å². The molecule has 126 valence electrons. The molecule has 2 saturated heterocycles. The third-order valence-corrected chi connectivity index (χ3v) is 3.90. The monoisotopic (exact) mass is 321 g/mol. The van der Waals surface area contributed by atoms with Gasteiger partial charge in [0.15, 0.2) is 5.69 Å². The molecular weight excluding hydrogens is 298 g/mol. The lowest BCUT2D eigenvalue weighted by atomic mass is 10.2. The van der Waals surface area contributed by atoms with Crippen molar-refractivity contribution in [3.63, 3.8) is 0 Å². The zero-order valence-corrected chi connectivity index (χ0v) is 13.9. The zero-order valence-electron chi connectivity index (χ0n) is 13.9. The minimum atomic E-state index is -0.504. The van der Waals surface area contributed by atoms with Crippen LogP contribution in [0.25, 0.3) is 0 Å². The second kappa shape index (κ2) is 5.82. The van der Waals surface area contributed by atoms with Gasteiger partial charge in [-0.3, -0.25) is 4.79 Å². The first-order valence-corrected chi connectivity index (χ1v) is 8.02. The molecule has 0 aromatic carbocycles. The maximum absolute atomic E-state index is 12.3. The summed E-state index contributed by atoms with van der Waals surface area (Å²) in [5.41, 5.74) is -0.139. The van der Waals surface area contributed by atoms with Crippen molar-refractivity contribution in [1.82, 2.24) is 24.8 Å². The Kier molecular flexibility index (Phi) is 3.99. The largest absolute Gasteiger partial charge is 0.444 e. The fourth-order valence-electron chi connectivity index (χ4n) is 2.70. The maximum Gasteiger partial charge on any atom is 0.410 e. The van der Waals surface area contributed by atoms with Crippen molar-refractivity contribution in [2.75, 3.05) is 19.6 Å². The molecule has 2 aliphatic heterocycles. The highest BCUT2D eigenvalue weighted by Crippen LogP contribution is 2.22. The first-order valence-electron chi connectivity index (χ1n) is 8.02. The fourth-order valence-corrected chi connectivity index (χ4v) is 2.70. The predicted octanol–water partition coefficient (Wildman–Crippen LogP) is 1.13. The van der Waals surface area contributed by atoms with Gasteiger partial charge in [-0.1, -0.05) is 5.21 Å². The van der Waals surface area contributed by atoms with E-state index in [-0.39, 0.29) is 18.0 Å². The van der Waals surface area contributed by atoms with Crippen LogP contribution >= 0.6 is 0 Å². The molecule has 8 heteroatoms. The Morgan fingerprint density at radius 3 is 2.70 bits per heavy atom. The summed E-state index contributed by atoms with van der Waals surface area (Å²) < 4.78 is 7.10. The van der Waals surface area contributed by atoms with Crippen LogP contribution in [0.2, 0.25) is 0 Å². The molecule has 23 heavy (non-hydrogen) atoms. The maximum atomic E-state index is 12.3. The normalized spacial score (nSPS) is 20.7. The van der Waals surface area contributed by atoms with Gasteiger partial charge >= 0.3 is 6.09 Å². The summed E-state index contributed by atoms with van der Waals surface area (Å²) in [6, 6.07) is 0.0238. The summed E-state index contributed by atoms with van der Waals surface area (Å²) in [4.78, 5) is 27.6. The molecule has 0 aliphatic carbocycles. The van der Waals surface area contributed by atoms with E-state index in [0.717, 1.165) is 25.9 Å². The molecule has 0 N–H and O–H groups in total. The molecule has 8 nitrogen and oxygen atoms in total. The third-order valence-electron chi connectivity index (χ3n) is 3.90. The number of likely N-dealkylation sites (tertiary alicyclic amines) is 1. The highest BCUT2D eigenvalue weighted by atomic mass is 16.6. The van der Waals surface area contributed by atoms with Gasteiger partial charge in [-0.05, 0) is 33.6 Å². The van der Waals surface area contributed by atoms with Crippen molar-refractivity contribution in [2.24, 2.45) is 0 Å². The lowest BCUT2D eigenvalue weighted by Crippen LogP contribution is -2.41. The van der Waals surface area contributed by atoms with Gasteiger partial charge in [0.25, 0.3) is 5.91 Å². The lowest BCUT2D eigenvalue weighted by Gasteiger charge is -2.28. The average Bonchev–Trinajstić information content (AvgIpc) is 3.02. The van der Waals surface area contributed by atoms with Gasteiger partial charge in [-0.2, -0.15) is 0 Å². The molecule has 2 fully saturated rings. The molecule has 1 aromatic rings. The third kappa shape index (κ3) is 3.80. The minimum absolute atomic E-state index is 0.0238. The average molecular weight is 321 g/mol. The molecule has 1 aromatic heterocycles.